The van der Waals surface area contributed by atoms with Crippen LogP contribution in [-0.4, -0.2) is 10.2 Å². The first-order chi connectivity index (χ1) is 7.66. The molecule has 0 amide bonds. The van der Waals surface area contributed by atoms with Crippen molar-refractivity contribution in [2.24, 2.45) is 0 Å². The Hall–Kier alpha value is -0.920. The molecule has 0 spiro atoms. The molecule has 2 nitrogen and oxygen atoms in total. The molecule has 0 aliphatic heterocycles. The molecular formula is C15H26N2. The average Bonchev–Trinajstić information content (AvgIpc) is 2.15. The second-order valence-electron chi connectivity index (χ2n) is 6.85. The van der Waals surface area contributed by atoms with Gasteiger partial charge >= 0.3 is 0 Å². The first-order valence-corrected chi connectivity index (χ1v) is 6.54. The van der Waals surface area contributed by atoms with Crippen molar-refractivity contribution >= 4 is 0 Å². The Bertz CT molecular complexity index is 381. The van der Waals surface area contributed by atoms with Crippen LogP contribution in [0.1, 0.15) is 71.8 Å². The molecule has 17 heavy (non-hydrogen) atoms. The van der Waals surface area contributed by atoms with E-state index in [1.54, 1.807) is 0 Å². The second kappa shape index (κ2) is 4.75. The van der Waals surface area contributed by atoms with Crippen molar-refractivity contribution in [1.82, 2.24) is 10.2 Å². The molecule has 1 rings (SSSR count). The number of rotatable bonds is 2. The van der Waals surface area contributed by atoms with Crippen molar-refractivity contribution < 1.29 is 0 Å². The SMILES string of the molecule is CCCc1cc(C(C)(C)C)nnc1C(C)(C)C. The smallest absolute Gasteiger partial charge is 0.0716 e. The van der Waals surface area contributed by atoms with Gasteiger partial charge in [0.25, 0.3) is 0 Å². The lowest BCUT2D eigenvalue weighted by molar-refractivity contribution is 0.519. The predicted molar refractivity (Wildman–Crippen MR) is 73.4 cm³/mol. The van der Waals surface area contributed by atoms with Crippen LogP contribution in [0.2, 0.25) is 0 Å². The summed E-state index contributed by atoms with van der Waals surface area (Å²) in [5.41, 5.74) is 3.75. The standard InChI is InChI=1S/C15H26N2/c1-8-9-11-10-12(14(2,3)4)16-17-13(11)15(5,6)7/h10H,8-9H2,1-7H3. The summed E-state index contributed by atoms with van der Waals surface area (Å²) in [7, 11) is 0. The van der Waals surface area contributed by atoms with E-state index in [-0.39, 0.29) is 10.8 Å². The molecule has 0 bridgehead atoms. The molecular weight excluding hydrogens is 208 g/mol. The normalized spacial score (nSPS) is 12.9. The molecule has 1 heterocycles. The molecule has 2 heteroatoms. The van der Waals surface area contributed by atoms with Crippen molar-refractivity contribution in [3.63, 3.8) is 0 Å². The Morgan fingerprint density at radius 2 is 1.53 bits per heavy atom. The van der Waals surface area contributed by atoms with Crippen molar-refractivity contribution in [1.29, 1.82) is 0 Å². The maximum Gasteiger partial charge on any atom is 0.0716 e. The molecule has 0 N–H and O–H groups in total. The molecule has 0 aliphatic carbocycles. The van der Waals surface area contributed by atoms with Gasteiger partial charge in [-0.25, -0.2) is 0 Å². The highest BCUT2D eigenvalue weighted by Crippen LogP contribution is 2.27. The molecule has 0 radical (unpaired) electrons. The minimum atomic E-state index is 0.0753. The Balaban J connectivity index is 3.27. The summed E-state index contributed by atoms with van der Waals surface area (Å²) in [5.74, 6) is 0. The van der Waals surface area contributed by atoms with Crippen LogP contribution in [0.3, 0.4) is 0 Å². The van der Waals surface area contributed by atoms with E-state index >= 15 is 0 Å². The fourth-order valence-corrected chi connectivity index (χ4v) is 1.89. The number of hydrogen-bond acceptors (Lipinski definition) is 2. The van der Waals surface area contributed by atoms with Crippen molar-refractivity contribution in [2.45, 2.75) is 72.1 Å². The Labute approximate surface area is 106 Å². The molecule has 1 aromatic rings. The summed E-state index contributed by atoms with van der Waals surface area (Å²) in [5, 5.41) is 8.89. The van der Waals surface area contributed by atoms with Crippen LogP contribution in [0, 0.1) is 0 Å². The monoisotopic (exact) mass is 234 g/mol. The molecule has 1 aromatic heterocycles. The van der Waals surface area contributed by atoms with E-state index in [2.05, 4.69) is 64.7 Å². The van der Waals surface area contributed by atoms with Crippen LogP contribution >= 0.6 is 0 Å². The first kappa shape index (κ1) is 14.1. The lowest BCUT2D eigenvalue weighted by atomic mass is 9.85. The van der Waals surface area contributed by atoms with Crippen molar-refractivity contribution in [2.75, 3.05) is 0 Å². The van der Waals surface area contributed by atoms with Crippen molar-refractivity contribution in [3.05, 3.63) is 23.0 Å². The highest BCUT2D eigenvalue weighted by Gasteiger charge is 2.23. The van der Waals surface area contributed by atoms with Crippen LogP contribution in [0.4, 0.5) is 0 Å². The summed E-state index contributed by atoms with van der Waals surface area (Å²) in [6.07, 6.45) is 2.24. The minimum Gasteiger partial charge on any atom is -0.155 e. The third-order valence-electron chi connectivity index (χ3n) is 2.87. The summed E-state index contributed by atoms with van der Waals surface area (Å²) >= 11 is 0. The van der Waals surface area contributed by atoms with Gasteiger partial charge in [-0.05, 0) is 18.1 Å². The molecule has 0 aliphatic rings. The van der Waals surface area contributed by atoms with Gasteiger partial charge in [0.05, 0.1) is 11.4 Å². The third kappa shape index (κ3) is 3.52. The molecule has 0 atom stereocenters. The van der Waals surface area contributed by atoms with E-state index in [1.165, 1.54) is 5.56 Å². The van der Waals surface area contributed by atoms with Crippen LogP contribution in [0.25, 0.3) is 0 Å². The zero-order valence-corrected chi connectivity index (χ0v) is 12.4. The number of aromatic nitrogens is 2. The fourth-order valence-electron chi connectivity index (χ4n) is 1.89. The topological polar surface area (TPSA) is 25.8 Å². The van der Waals surface area contributed by atoms with E-state index in [9.17, 15) is 0 Å². The van der Waals surface area contributed by atoms with Crippen LogP contribution in [0.15, 0.2) is 6.07 Å². The maximum atomic E-state index is 4.48. The zero-order valence-electron chi connectivity index (χ0n) is 12.4. The fraction of sp³-hybridized carbons (Fsp3) is 0.733. The quantitative estimate of drug-likeness (QED) is 0.772. The summed E-state index contributed by atoms with van der Waals surface area (Å²) in [6.45, 7) is 15.4. The predicted octanol–water partition coefficient (Wildman–Crippen LogP) is 4.02. The largest absolute Gasteiger partial charge is 0.155 e. The summed E-state index contributed by atoms with van der Waals surface area (Å²) in [6, 6.07) is 2.25. The molecule has 0 saturated carbocycles. The molecule has 0 saturated heterocycles. The van der Waals surface area contributed by atoms with Gasteiger partial charge in [-0.2, -0.15) is 10.2 Å². The Morgan fingerprint density at radius 3 is 1.94 bits per heavy atom. The first-order valence-electron chi connectivity index (χ1n) is 6.54. The Kier molecular flexibility index (Phi) is 3.95. The highest BCUT2D eigenvalue weighted by molar-refractivity contribution is 5.29. The maximum absolute atomic E-state index is 4.48. The van der Waals surface area contributed by atoms with Gasteiger partial charge in [0.1, 0.15) is 0 Å². The van der Waals surface area contributed by atoms with Gasteiger partial charge in [-0.3, -0.25) is 0 Å². The number of aryl methyl sites for hydroxylation is 1. The van der Waals surface area contributed by atoms with E-state index in [0.29, 0.717) is 0 Å². The van der Waals surface area contributed by atoms with Crippen molar-refractivity contribution in [3.8, 4) is 0 Å². The van der Waals surface area contributed by atoms with E-state index < -0.39 is 0 Å². The molecule has 0 aromatic carbocycles. The average molecular weight is 234 g/mol. The minimum absolute atomic E-state index is 0.0753. The van der Waals surface area contributed by atoms with E-state index in [4.69, 9.17) is 0 Å². The van der Waals surface area contributed by atoms with Gasteiger partial charge in [-0.1, -0.05) is 54.9 Å². The van der Waals surface area contributed by atoms with Crippen LogP contribution < -0.4 is 0 Å². The van der Waals surface area contributed by atoms with E-state index in [0.717, 1.165) is 24.2 Å². The lowest BCUT2D eigenvalue weighted by Gasteiger charge is -2.24. The van der Waals surface area contributed by atoms with Gasteiger partial charge < -0.3 is 0 Å². The number of nitrogens with zero attached hydrogens (tertiary/aromatic N) is 2. The molecule has 96 valence electrons. The zero-order chi connectivity index (χ0) is 13.3. The summed E-state index contributed by atoms with van der Waals surface area (Å²) in [4.78, 5) is 0. The van der Waals surface area contributed by atoms with Gasteiger partial charge in [0.15, 0.2) is 0 Å². The summed E-state index contributed by atoms with van der Waals surface area (Å²) < 4.78 is 0. The van der Waals surface area contributed by atoms with Crippen LogP contribution in [0.5, 0.6) is 0 Å². The lowest BCUT2D eigenvalue weighted by Crippen LogP contribution is -2.22. The second-order valence-corrected chi connectivity index (χ2v) is 6.85. The molecule has 0 unspecified atom stereocenters. The Morgan fingerprint density at radius 1 is 0.941 bits per heavy atom. The van der Waals surface area contributed by atoms with Gasteiger partial charge in [-0.15, -0.1) is 0 Å². The van der Waals surface area contributed by atoms with Crippen LogP contribution in [-0.2, 0) is 17.3 Å². The highest BCUT2D eigenvalue weighted by atomic mass is 15.1. The van der Waals surface area contributed by atoms with Gasteiger partial charge in [0, 0.05) is 10.8 Å². The third-order valence-corrected chi connectivity index (χ3v) is 2.87. The molecule has 0 fully saturated rings. The number of hydrogen-bond donors (Lipinski definition) is 0. The van der Waals surface area contributed by atoms with Gasteiger partial charge in [0.2, 0.25) is 0 Å². The van der Waals surface area contributed by atoms with E-state index in [1.807, 2.05) is 0 Å².